The Morgan fingerprint density at radius 2 is 1.69 bits per heavy atom. The van der Waals surface area contributed by atoms with Gasteiger partial charge in [-0.15, -0.1) is 21.5 Å². The summed E-state index contributed by atoms with van der Waals surface area (Å²) in [6.45, 7) is 14.4. The van der Waals surface area contributed by atoms with Gasteiger partial charge in [0.1, 0.15) is 23.8 Å². The number of hydrogen-bond acceptors (Lipinski definition) is 17. The number of anilines is 3. The standard InChI is InChI=1S/C59H73N11O7S/c1-34(2)55(59(74)69-32-45(71)26-50(69)58(73)63-36(4)40-10-12-41(13-11-40)56-37(5)62-33-78-56)52-28-54(66-77-52)75-21-18-38-17-20-67(35(3)22-38)29-39-23-46(24-39)76-53-25-42(16-19-61-53)70-43-14-15-44(70)31-68(30-43)49-27-48(64-65-57(49)60)47-8-6-7-9-51(47)72/h6-13,16,19,25,27-28,33-36,38-39,43-46,50,55,71-72H,14-15,17-18,20-24,26,29-32H2,1-5H3,(H2,60,65)(H,63,73)/t35-,36+,38-,39?,43-,44?,45-,46?,50+,55+/m1/s1. The first-order chi connectivity index (χ1) is 37.7. The van der Waals surface area contributed by atoms with E-state index in [4.69, 9.17) is 19.7 Å². The molecule has 1 aliphatic carbocycles. The van der Waals surface area contributed by atoms with Gasteiger partial charge in [0.2, 0.25) is 17.7 Å². The molecule has 19 heteroatoms. The van der Waals surface area contributed by atoms with Crippen LogP contribution in [0.3, 0.4) is 0 Å². The number of nitrogens with two attached hydrogens (primary N) is 1. The number of likely N-dealkylation sites (tertiary alicyclic amines) is 2. The van der Waals surface area contributed by atoms with Crippen molar-refractivity contribution in [1.82, 2.24) is 40.4 Å². The second-order valence-electron chi connectivity index (χ2n) is 22.8. The van der Waals surface area contributed by atoms with Crippen molar-refractivity contribution in [1.29, 1.82) is 0 Å². The van der Waals surface area contributed by atoms with Gasteiger partial charge in [-0.2, -0.15) is 0 Å². The smallest absolute Gasteiger partial charge is 0.254 e. The van der Waals surface area contributed by atoms with Crippen molar-refractivity contribution < 1.29 is 33.8 Å². The van der Waals surface area contributed by atoms with Gasteiger partial charge in [0.05, 0.1) is 46.2 Å². The zero-order valence-corrected chi connectivity index (χ0v) is 46.1. The second-order valence-corrected chi connectivity index (χ2v) is 23.7. The monoisotopic (exact) mass is 1080 g/mol. The lowest BCUT2D eigenvalue weighted by Gasteiger charge is -2.44. The number of β-amino-alcohol motifs (C(OH)–C–C–N with tert-alkyl or cyclic N) is 1. The van der Waals surface area contributed by atoms with E-state index in [-0.39, 0.29) is 48.6 Å². The molecule has 0 radical (unpaired) electrons. The lowest BCUT2D eigenvalue weighted by Crippen LogP contribution is -2.54. The molecule has 8 atom stereocenters. The van der Waals surface area contributed by atoms with E-state index in [0.29, 0.717) is 71.2 Å². The summed E-state index contributed by atoms with van der Waals surface area (Å²) in [4.78, 5) is 47.2. The summed E-state index contributed by atoms with van der Waals surface area (Å²) in [5.74, 6) is 1.62. The molecule has 78 heavy (non-hydrogen) atoms. The largest absolute Gasteiger partial charge is 0.507 e. The molecular formula is C59H73N11O7S. The number of aryl methyl sites for hydroxylation is 1. The Morgan fingerprint density at radius 1 is 0.910 bits per heavy atom. The molecule has 1 saturated carbocycles. The highest BCUT2D eigenvalue weighted by atomic mass is 32.1. The number of pyridine rings is 1. The third-order valence-electron chi connectivity index (χ3n) is 17.1. The molecule has 1 unspecified atom stereocenters. The third-order valence-corrected chi connectivity index (χ3v) is 18.1. The van der Waals surface area contributed by atoms with E-state index in [1.54, 1.807) is 29.5 Å². The van der Waals surface area contributed by atoms with Crippen LogP contribution in [0.1, 0.15) is 108 Å². The Labute approximate surface area is 460 Å². The molecule has 5 aliphatic rings. The van der Waals surface area contributed by atoms with Crippen molar-refractivity contribution in [3.8, 4) is 39.2 Å². The van der Waals surface area contributed by atoms with Crippen molar-refractivity contribution in [2.75, 3.05) is 54.9 Å². The summed E-state index contributed by atoms with van der Waals surface area (Å²) < 4.78 is 18.4. The first kappa shape index (κ1) is 53.2. The number of benzene rings is 2. The van der Waals surface area contributed by atoms with E-state index < -0.39 is 18.1 Å². The molecule has 4 aliphatic heterocycles. The Kier molecular flexibility index (Phi) is 15.6. The van der Waals surface area contributed by atoms with Crippen LogP contribution in [-0.2, 0) is 9.59 Å². The van der Waals surface area contributed by atoms with Gasteiger partial charge in [-0.3, -0.25) is 9.59 Å². The summed E-state index contributed by atoms with van der Waals surface area (Å²) in [6.07, 6.45) is 8.65. The molecule has 2 aromatic carbocycles. The lowest BCUT2D eigenvalue weighted by molar-refractivity contribution is -0.141. The number of rotatable bonds is 18. The van der Waals surface area contributed by atoms with Crippen LogP contribution in [0.2, 0.25) is 0 Å². The number of fused-ring (bicyclic) bond motifs is 2. The molecule has 2 bridgehead atoms. The first-order valence-corrected chi connectivity index (χ1v) is 28.8. The number of piperidine rings is 1. The van der Waals surface area contributed by atoms with E-state index in [1.807, 2.05) is 81.9 Å². The highest BCUT2D eigenvalue weighted by molar-refractivity contribution is 7.13. The molecule has 11 rings (SSSR count). The number of aromatic hydroxyl groups is 1. The predicted octanol–water partition coefficient (Wildman–Crippen LogP) is 8.41. The topological polar surface area (TPSA) is 222 Å². The van der Waals surface area contributed by atoms with E-state index in [9.17, 15) is 19.8 Å². The molecule has 5 fully saturated rings. The van der Waals surface area contributed by atoms with E-state index in [1.165, 1.54) is 4.90 Å². The number of para-hydroxylation sites is 1. The molecule has 412 valence electrons. The van der Waals surface area contributed by atoms with Crippen LogP contribution in [0.4, 0.5) is 17.2 Å². The SMILES string of the molecule is Cc1ncsc1-c1ccc([C@H](C)NC(=O)[C@@H]2C[C@@H](O)CN2C(=O)[C@H](c2cc(OCC[C@H]3CCN(CC4CC(Oc5cc(N6C7CC[C@@H]6CN(c6cc(-c8ccccc8O)nnc6N)C7)ccn5)C4)[C@H](C)C3)no2)C(C)C)cc1. The van der Waals surface area contributed by atoms with Crippen LogP contribution in [-0.4, -0.2) is 133 Å². The van der Waals surface area contributed by atoms with Crippen LogP contribution in [0.5, 0.6) is 17.5 Å². The van der Waals surface area contributed by atoms with Gasteiger partial charge in [-0.05, 0) is 131 Å². The van der Waals surface area contributed by atoms with Crippen molar-refractivity contribution in [3.05, 3.63) is 102 Å². The Balaban J connectivity index is 0.610. The number of nitrogens with one attached hydrogen (secondary N) is 1. The second kappa shape index (κ2) is 22.9. The summed E-state index contributed by atoms with van der Waals surface area (Å²) in [6, 6.07) is 23.0. The van der Waals surface area contributed by atoms with Crippen LogP contribution < -0.4 is 30.3 Å². The molecule has 2 amide bonds. The van der Waals surface area contributed by atoms with Gasteiger partial charge in [-0.1, -0.05) is 50.2 Å². The summed E-state index contributed by atoms with van der Waals surface area (Å²) in [5.41, 5.74) is 14.5. The van der Waals surface area contributed by atoms with Crippen LogP contribution in [0.25, 0.3) is 21.7 Å². The fourth-order valence-corrected chi connectivity index (χ4v) is 13.6. The Morgan fingerprint density at radius 3 is 2.42 bits per heavy atom. The van der Waals surface area contributed by atoms with Gasteiger partial charge in [0, 0.05) is 80.3 Å². The first-order valence-electron chi connectivity index (χ1n) is 27.9. The number of carbonyl (C=O) groups is 2. The summed E-state index contributed by atoms with van der Waals surface area (Å²) in [5, 5.41) is 37.1. The minimum atomic E-state index is -0.821. The quantitative estimate of drug-likeness (QED) is 0.0634. The third kappa shape index (κ3) is 11.4. The summed E-state index contributed by atoms with van der Waals surface area (Å²) in [7, 11) is 0. The maximum atomic E-state index is 14.3. The van der Waals surface area contributed by atoms with Crippen LogP contribution in [0, 0.1) is 24.7 Å². The minimum Gasteiger partial charge on any atom is -0.507 e. The normalized spacial score (nSPS) is 25.0. The minimum absolute atomic E-state index is 0.0623. The zero-order chi connectivity index (χ0) is 54.2. The number of hydrogen-bond donors (Lipinski definition) is 4. The fourth-order valence-electron chi connectivity index (χ4n) is 12.8. The van der Waals surface area contributed by atoms with Gasteiger partial charge in [0.25, 0.3) is 5.88 Å². The van der Waals surface area contributed by atoms with Crippen molar-refractivity contribution in [2.45, 2.75) is 134 Å². The molecular weight excluding hydrogens is 1010 g/mol. The zero-order valence-electron chi connectivity index (χ0n) is 45.3. The fraction of sp³-hybridized carbons (Fsp3) is 0.508. The highest BCUT2D eigenvalue weighted by Gasteiger charge is 2.45. The average Bonchev–Trinajstić information content (AvgIpc) is 4.34. The number of carbonyl (C=O) groups excluding carboxylic acids is 2. The van der Waals surface area contributed by atoms with E-state index in [0.717, 1.165) is 104 Å². The lowest BCUT2D eigenvalue weighted by atomic mass is 9.80. The van der Waals surface area contributed by atoms with Gasteiger partial charge in [-0.25, -0.2) is 9.97 Å². The van der Waals surface area contributed by atoms with Crippen LogP contribution >= 0.6 is 11.3 Å². The number of nitrogens with zero attached hydrogens (tertiary/aromatic N) is 9. The van der Waals surface area contributed by atoms with E-state index >= 15 is 0 Å². The average molecular weight is 1080 g/mol. The molecule has 5 N–H and O–H groups in total. The number of aliphatic hydroxyl groups is 1. The van der Waals surface area contributed by atoms with Gasteiger partial charge >= 0.3 is 0 Å². The Bertz CT molecular complexity index is 3040. The highest BCUT2D eigenvalue weighted by Crippen LogP contribution is 2.41. The van der Waals surface area contributed by atoms with Crippen molar-refractivity contribution in [3.63, 3.8) is 0 Å². The predicted molar refractivity (Wildman–Crippen MR) is 299 cm³/mol. The van der Waals surface area contributed by atoms with Gasteiger partial charge in [0.15, 0.2) is 11.6 Å². The van der Waals surface area contributed by atoms with Crippen LogP contribution in [0.15, 0.2) is 89.0 Å². The number of thiazole rings is 1. The number of phenols is 1. The van der Waals surface area contributed by atoms with Crippen molar-refractivity contribution >= 4 is 40.3 Å². The number of ether oxygens (including phenoxy) is 2. The van der Waals surface area contributed by atoms with Gasteiger partial charge < -0.3 is 54.9 Å². The molecule has 4 saturated heterocycles. The maximum absolute atomic E-state index is 14.3. The van der Waals surface area contributed by atoms with Crippen molar-refractivity contribution in [2.24, 2.45) is 17.8 Å². The molecule has 18 nitrogen and oxygen atoms in total. The molecule has 0 spiro atoms. The molecule has 4 aromatic heterocycles. The molecule has 8 heterocycles. The van der Waals surface area contributed by atoms with E-state index in [2.05, 4.69) is 64.4 Å². The number of piperazine rings is 1. The number of nitrogen functional groups attached to an aromatic ring is 1. The molecule has 6 aromatic rings. The maximum Gasteiger partial charge on any atom is 0.254 e. The number of amides is 2. The number of aliphatic hydroxyl groups excluding tert-OH is 1. The number of phenolic OH excluding ortho intramolecular Hbond substituents is 1. The number of aromatic nitrogens is 5. The summed E-state index contributed by atoms with van der Waals surface area (Å²) >= 11 is 1.60. The Hall–Kier alpha value is -6.83.